The molecule has 0 aromatic carbocycles. The summed E-state index contributed by atoms with van der Waals surface area (Å²) >= 11 is 0. The van der Waals surface area contributed by atoms with Crippen molar-refractivity contribution in [3.05, 3.63) is 11.8 Å². The number of hydrogen-bond donors (Lipinski definition) is 1. The highest BCUT2D eigenvalue weighted by Crippen LogP contribution is 2.23. The zero-order chi connectivity index (χ0) is 16.9. The maximum Gasteiger partial charge on any atom is 0.228 e. The van der Waals surface area contributed by atoms with E-state index >= 15 is 0 Å². The van der Waals surface area contributed by atoms with Crippen LogP contribution in [0.5, 0.6) is 5.88 Å². The third-order valence-electron chi connectivity index (χ3n) is 4.63. The second kappa shape index (κ2) is 7.79. The van der Waals surface area contributed by atoms with Crippen LogP contribution in [0, 0.1) is 12.8 Å². The van der Waals surface area contributed by atoms with Crippen molar-refractivity contribution in [1.29, 1.82) is 0 Å². The predicted octanol–water partition coefficient (Wildman–Crippen LogP) is 1.31. The fourth-order valence-corrected chi connectivity index (χ4v) is 3.31. The van der Waals surface area contributed by atoms with Crippen LogP contribution in [0.15, 0.2) is 6.07 Å². The molecule has 0 bridgehead atoms. The Kier molecular flexibility index (Phi) is 5.50. The molecule has 1 aromatic heterocycles. The van der Waals surface area contributed by atoms with Gasteiger partial charge in [-0.15, -0.1) is 0 Å². The number of aryl methyl sites for hydroxylation is 1. The third kappa shape index (κ3) is 4.14. The van der Waals surface area contributed by atoms with Gasteiger partial charge >= 0.3 is 0 Å². The number of carbonyl (C=O) groups is 1. The Morgan fingerprint density at radius 3 is 3.04 bits per heavy atom. The topological polar surface area (TPSA) is 76.6 Å². The molecule has 1 aromatic rings. The second-order valence-corrected chi connectivity index (χ2v) is 6.52. The number of carbonyl (C=O) groups excluding carboxylic acids is 1. The Morgan fingerprint density at radius 2 is 2.29 bits per heavy atom. The van der Waals surface area contributed by atoms with E-state index in [1.165, 1.54) is 0 Å². The van der Waals surface area contributed by atoms with Gasteiger partial charge in [-0.1, -0.05) is 0 Å². The zero-order valence-corrected chi connectivity index (χ0v) is 14.5. The first-order valence-corrected chi connectivity index (χ1v) is 8.69. The van der Waals surface area contributed by atoms with Gasteiger partial charge in [-0.05, 0) is 32.6 Å². The number of rotatable bonds is 5. The normalized spacial score (nSPS) is 24.0. The third-order valence-corrected chi connectivity index (χ3v) is 4.63. The molecule has 2 aliphatic rings. The van der Waals surface area contributed by atoms with Crippen LogP contribution >= 0.6 is 0 Å². The van der Waals surface area contributed by atoms with Gasteiger partial charge < -0.3 is 19.7 Å². The first-order chi connectivity index (χ1) is 11.7. The molecule has 0 aliphatic carbocycles. The van der Waals surface area contributed by atoms with Crippen LogP contribution in [0.4, 0.5) is 5.95 Å². The van der Waals surface area contributed by atoms with Crippen molar-refractivity contribution in [2.24, 2.45) is 5.92 Å². The Morgan fingerprint density at radius 1 is 1.42 bits per heavy atom. The summed E-state index contributed by atoms with van der Waals surface area (Å²) in [5.74, 6) is 1.27. The van der Waals surface area contributed by atoms with Crippen molar-refractivity contribution in [3.8, 4) is 5.88 Å². The fourth-order valence-electron chi connectivity index (χ4n) is 3.31. The van der Waals surface area contributed by atoms with E-state index in [2.05, 4.69) is 20.2 Å². The summed E-state index contributed by atoms with van der Waals surface area (Å²) in [6, 6.07) is 1.80. The van der Waals surface area contributed by atoms with E-state index in [-0.39, 0.29) is 17.9 Å². The summed E-state index contributed by atoms with van der Waals surface area (Å²) < 4.78 is 10.8. The molecule has 3 rings (SSSR count). The molecular weight excluding hydrogens is 308 g/mol. The van der Waals surface area contributed by atoms with E-state index in [0.717, 1.165) is 44.5 Å². The van der Waals surface area contributed by atoms with Gasteiger partial charge in [0.1, 0.15) is 0 Å². The van der Waals surface area contributed by atoms with Gasteiger partial charge in [0.25, 0.3) is 0 Å². The SMILES string of the molecule is COc1cc(C)nc(N2CCCC(C(=O)NCC3CCCO3)C2)n1. The van der Waals surface area contributed by atoms with Crippen molar-refractivity contribution < 1.29 is 14.3 Å². The lowest BCUT2D eigenvalue weighted by Crippen LogP contribution is -2.45. The number of nitrogens with one attached hydrogen (secondary N) is 1. The summed E-state index contributed by atoms with van der Waals surface area (Å²) in [6.07, 6.45) is 4.16. The quantitative estimate of drug-likeness (QED) is 0.875. The van der Waals surface area contributed by atoms with E-state index < -0.39 is 0 Å². The van der Waals surface area contributed by atoms with Gasteiger partial charge in [0.05, 0.1) is 19.1 Å². The van der Waals surface area contributed by atoms with Crippen molar-refractivity contribution >= 4 is 11.9 Å². The molecule has 7 heteroatoms. The largest absolute Gasteiger partial charge is 0.481 e. The number of methoxy groups -OCH3 is 1. The minimum absolute atomic E-state index is 0.0322. The molecule has 24 heavy (non-hydrogen) atoms. The smallest absolute Gasteiger partial charge is 0.228 e. The highest BCUT2D eigenvalue weighted by atomic mass is 16.5. The van der Waals surface area contributed by atoms with Crippen LogP contribution < -0.4 is 15.0 Å². The van der Waals surface area contributed by atoms with Crippen LogP contribution in [-0.2, 0) is 9.53 Å². The molecule has 2 saturated heterocycles. The number of nitrogens with zero attached hydrogens (tertiary/aromatic N) is 3. The lowest BCUT2D eigenvalue weighted by Gasteiger charge is -2.32. The summed E-state index contributed by atoms with van der Waals surface area (Å²) in [6.45, 7) is 4.85. The van der Waals surface area contributed by atoms with Crippen molar-refractivity contribution in [3.63, 3.8) is 0 Å². The lowest BCUT2D eigenvalue weighted by atomic mass is 9.97. The second-order valence-electron chi connectivity index (χ2n) is 6.52. The Balaban J connectivity index is 1.59. The number of anilines is 1. The molecule has 2 fully saturated rings. The molecule has 0 saturated carbocycles. The minimum Gasteiger partial charge on any atom is -0.481 e. The number of piperidine rings is 1. The fraction of sp³-hybridized carbons (Fsp3) is 0.706. The van der Waals surface area contributed by atoms with E-state index in [1.54, 1.807) is 13.2 Å². The molecule has 0 radical (unpaired) electrons. The van der Waals surface area contributed by atoms with Crippen LogP contribution in [-0.4, -0.2) is 55.3 Å². The molecule has 7 nitrogen and oxygen atoms in total. The standard InChI is InChI=1S/C17H26N4O3/c1-12-9-15(23-2)20-17(19-12)21-7-3-5-13(11-21)16(22)18-10-14-6-4-8-24-14/h9,13-14H,3-8,10-11H2,1-2H3,(H,18,22). The van der Waals surface area contributed by atoms with Crippen LogP contribution in [0.3, 0.4) is 0 Å². The number of aromatic nitrogens is 2. The molecule has 3 heterocycles. The van der Waals surface area contributed by atoms with Crippen molar-refractivity contribution in [1.82, 2.24) is 15.3 Å². The summed E-state index contributed by atoms with van der Waals surface area (Å²) in [7, 11) is 1.60. The average Bonchev–Trinajstić information content (AvgIpc) is 3.12. The molecule has 2 unspecified atom stereocenters. The monoisotopic (exact) mass is 334 g/mol. The van der Waals surface area contributed by atoms with Gasteiger partial charge in [0.2, 0.25) is 17.7 Å². The van der Waals surface area contributed by atoms with E-state index in [4.69, 9.17) is 9.47 Å². The summed E-state index contributed by atoms with van der Waals surface area (Å²) in [4.78, 5) is 23.5. The molecule has 132 valence electrons. The maximum atomic E-state index is 12.5. The number of ether oxygens (including phenoxy) is 2. The van der Waals surface area contributed by atoms with E-state index in [9.17, 15) is 4.79 Å². The minimum atomic E-state index is -0.0322. The first kappa shape index (κ1) is 17.0. The number of amides is 1. The molecule has 0 spiro atoms. The van der Waals surface area contributed by atoms with E-state index in [0.29, 0.717) is 24.9 Å². The van der Waals surface area contributed by atoms with Crippen LogP contribution in [0.25, 0.3) is 0 Å². The molecule has 2 aliphatic heterocycles. The van der Waals surface area contributed by atoms with Crippen LogP contribution in [0.2, 0.25) is 0 Å². The van der Waals surface area contributed by atoms with Gasteiger partial charge in [0.15, 0.2) is 0 Å². The highest BCUT2D eigenvalue weighted by Gasteiger charge is 2.28. The molecular formula is C17H26N4O3. The summed E-state index contributed by atoms with van der Waals surface area (Å²) in [5.41, 5.74) is 0.863. The van der Waals surface area contributed by atoms with Gasteiger partial charge in [-0.25, -0.2) is 4.98 Å². The Hall–Kier alpha value is -1.89. The lowest BCUT2D eigenvalue weighted by molar-refractivity contribution is -0.125. The van der Waals surface area contributed by atoms with E-state index in [1.807, 2.05) is 6.92 Å². The molecule has 1 amide bonds. The van der Waals surface area contributed by atoms with Crippen molar-refractivity contribution in [2.45, 2.75) is 38.7 Å². The van der Waals surface area contributed by atoms with Gasteiger partial charge in [-0.3, -0.25) is 4.79 Å². The van der Waals surface area contributed by atoms with Gasteiger partial charge in [0, 0.05) is 38.0 Å². The first-order valence-electron chi connectivity index (χ1n) is 8.69. The molecule has 1 N–H and O–H groups in total. The van der Waals surface area contributed by atoms with Gasteiger partial charge in [-0.2, -0.15) is 4.98 Å². The average molecular weight is 334 g/mol. The molecule has 2 atom stereocenters. The van der Waals surface area contributed by atoms with Crippen LogP contribution in [0.1, 0.15) is 31.4 Å². The highest BCUT2D eigenvalue weighted by molar-refractivity contribution is 5.79. The Bertz CT molecular complexity index is 575. The zero-order valence-electron chi connectivity index (χ0n) is 14.5. The maximum absolute atomic E-state index is 12.5. The predicted molar refractivity (Wildman–Crippen MR) is 90.2 cm³/mol. The summed E-state index contributed by atoms with van der Waals surface area (Å²) in [5, 5.41) is 3.04. The Labute approximate surface area is 142 Å². The number of hydrogen-bond acceptors (Lipinski definition) is 6. The van der Waals surface area contributed by atoms with Crippen molar-refractivity contribution in [2.75, 3.05) is 38.3 Å².